The van der Waals surface area contributed by atoms with Gasteiger partial charge in [0, 0.05) is 54.8 Å². The van der Waals surface area contributed by atoms with Gasteiger partial charge in [-0.15, -0.1) is 0 Å². The molecule has 3 aromatic carbocycles. The van der Waals surface area contributed by atoms with Gasteiger partial charge >= 0.3 is 0 Å². The number of carbonyl (C=O) groups excluding carboxylic acids is 2. The topological polar surface area (TPSA) is 116 Å². The number of ketones is 1. The second kappa shape index (κ2) is 9.52. The summed E-state index contributed by atoms with van der Waals surface area (Å²) in [5, 5.41) is 7.55. The van der Waals surface area contributed by atoms with Crippen LogP contribution in [-0.4, -0.2) is 51.0 Å². The first-order chi connectivity index (χ1) is 21.9. The highest BCUT2D eigenvalue weighted by Crippen LogP contribution is 2.44. The van der Waals surface area contributed by atoms with E-state index in [1.807, 2.05) is 25.2 Å². The number of nitrogens with one attached hydrogen (secondary N) is 2. The molecule has 228 valence electrons. The number of piperidine rings is 1. The number of aryl methyl sites for hydroxylation is 1. The van der Waals surface area contributed by atoms with Crippen molar-refractivity contribution in [1.29, 1.82) is 0 Å². The second-order valence-corrected chi connectivity index (χ2v) is 13.4. The van der Waals surface area contributed by atoms with Crippen LogP contribution in [0, 0.1) is 11.8 Å². The number of methoxy groups -OCH3 is 1. The van der Waals surface area contributed by atoms with Crippen LogP contribution >= 0.6 is 0 Å². The molecule has 2 aliphatic carbocycles. The summed E-state index contributed by atoms with van der Waals surface area (Å²) in [6.45, 7) is 2.24. The Morgan fingerprint density at radius 3 is 2.69 bits per heavy atom. The Kier molecular flexibility index (Phi) is 5.69. The molecular formula is C36H36N6O3. The van der Waals surface area contributed by atoms with Crippen LogP contribution in [0.5, 0.6) is 5.75 Å². The predicted octanol–water partition coefficient (Wildman–Crippen LogP) is 4.79. The first kappa shape index (κ1) is 26.9. The molecule has 0 radical (unpaired) electrons. The van der Waals surface area contributed by atoms with Crippen molar-refractivity contribution in [2.24, 2.45) is 24.6 Å². The standard InChI is InChI=1S/C36H36N6O3/c1-41-31-27(13-23(15-29(31)45-2)33(43)36-11-10-22(17-39-36)32(36)37)40-34(41)28-14-21-4-3-5-25(30(21)42(28)18-19-6-7-19)20-8-9-26-24(12-20)16-38-35(26)44/h3-5,8-9,12-15,19,22,32,39H,6-7,10-11,16-18,37H2,1-2H3,(H,38,44)/t22-,32-,36-/m1/s1. The fourth-order valence-electron chi connectivity index (χ4n) is 8.23. The van der Waals surface area contributed by atoms with E-state index < -0.39 is 5.54 Å². The third-order valence-corrected chi connectivity index (χ3v) is 10.9. The van der Waals surface area contributed by atoms with Gasteiger partial charge < -0.3 is 30.2 Å². The molecule has 0 spiro atoms. The number of nitrogens with zero attached hydrogens (tertiary/aromatic N) is 3. The highest BCUT2D eigenvalue weighted by atomic mass is 16.5. The zero-order valence-electron chi connectivity index (χ0n) is 25.5. The molecule has 1 saturated heterocycles. The average molecular weight is 601 g/mol. The van der Waals surface area contributed by atoms with Crippen molar-refractivity contribution in [3.8, 4) is 28.4 Å². The maximum atomic E-state index is 14.0. The summed E-state index contributed by atoms with van der Waals surface area (Å²) < 4.78 is 10.4. The number of hydrogen-bond acceptors (Lipinski definition) is 6. The molecule has 0 unspecified atom stereocenters. The Bertz CT molecular complexity index is 2080. The molecular weight excluding hydrogens is 564 g/mol. The Labute approximate surface area is 260 Å². The quantitative estimate of drug-likeness (QED) is 0.232. The molecule has 1 amide bonds. The van der Waals surface area contributed by atoms with Crippen LogP contribution in [0.15, 0.2) is 54.6 Å². The van der Waals surface area contributed by atoms with Gasteiger partial charge in [-0.2, -0.15) is 0 Å². The summed E-state index contributed by atoms with van der Waals surface area (Å²) >= 11 is 0. The third-order valence-electron chi connectivity index (χ3n) is 10.9. The minimum absolute atomic E-state index is 0.00859. The molecule has 3 fully saturated rings. The zero-order chi connectivity index (χ0) is 30.6. The van der Waals surface area contributed by atoms with Crippen molar-refractivity contribution in [3.63, 3.8) is 0 Å². The van der Waals surface area contributed by atoms with Gasteiger partial charge in [0.1, 0.15) is 11.3 Å². The van der Waals surface area contributed by atoms with E-state index in [0.29, 0.717) is 29.7 Å². The molecule has 9 nitrogen and oxygen atoms in total. The molecule has 2 aromatic heterocycles. The van der Waals surface area contributed by atoms with Crippen molar-refractivity contribution in [2.75, 3.05) is 13.7 Å². The second-order valence-electron chi connectivity index (χ2n) is 13.4. The molecule has 2 bridgehead atoms. The molecule has 9 heteroatoms. The number of aromatic nitrogens is 3. The fraction of sp³-hybridized carbons (Fsp3) is 0.361. The minimum Gasteiger partial charge on any atom is -0.494 e. The van der Waals surface area contributed by atoms with E-state index in [1.54, 1.807) is 7.11 Å². The van der Waals surface area contributed by atoms with Crippen molar-refractivity contribution in [1.82, 2.24) is 24.8 Å². The number of ether oxygens (including phenoxy) is 1. The van der Waals surface area contributed by atoms with E-state index >= 15 is 0 Å². The number of carbonyl (C=O) groups is 2. The van der Waals surface area contributed by atoms with Gasteiger partial charge in [0.05, 0.1) is 29.4 Å². The number of para-hydroxylation sites is 1. The molecule has 4 heterocycles. The van der Waals surface area contributed by atoms with Gasteiger partial charge in [-0.1, -0.05) is 24.3 Å². The van der Waals surface area contributed by atoms with Gasteiger partial charge in [-0.05, 0) is 79.0 Å². The highest BCUT2D eigenvalue weighted by molar-refractivity contribution is 6.08. The fourth-order valence-corrected chi connectivity index (χ4v) is 8.23. The third kappa shape index (κ3) is 3.83. The Hall–Kier alpha value is -4.47. The summed E-state index contributed by atoms with van der Waals surface area (Å²) in [5.74, 6) is 2.44. The van der Waals surface area contributed by atoms with Gasteiger partial charge in [0.15, 0.2) is 11.6 Å². The van der Waals surface area contributed by atoms with Crippen LogP contribution in [-0.2, 0) is 20.1 Å². The van der Waals surface area contributed by atoms with Crippen LogP contribution in [0.2, 0.25) is 0 Å². The first-order valence-corrected chi connectivity index (χ1v) is 16.0. The lowest BCUT2D eigenvalue weighted by Crippen LogP contribution is -2.56. The number of benzene rings is 3. The van der Waals surface area contributed by atoms with Crippen molar-refractivity contribution in [2.45, 2.75) is 50.4 Å². The van der Waals surface area contributed by atoms with Crippen LogP contribution in [0.3, 0.4) is 0 Å². The normalized spacial score (nSPS) is 23.7. The molecule has 4 N–H and O–H groups in total. The number of Topliss-reactive ketones (excluding diaryl/α,β-unsaturated/α-hetero) is 1. The highest BCUT2D eigenvalue weighted by Gasteiger charge is 2.56. The lowest BCUT2D eigenvalue weighted by atomic mass is 9.85. The Morgan fingerprint density at radius 2 is 1.96 bits per heavy atom. The summed E-state index contributed by atoms with van der Waals surface area (Å²) in [4.78, 5) is 31.4. The molecule has 2 aliphatic heterocycles. The number of hydrogen-bond donors (Lipinski definition) is 3. The molecule has 3 atom stereocenters. The van der Waals surface area contributed by atoms with Gasteiger partial charge in [0.25, 0.3) is 5.91 Å². The van der Waals surface area contributed by atoms with E-state index in [4.69, 9.17) is 15.5 Å². The Balaban J connectivity index is 1.21. The van der Waals surface area contributed by atoms with Crippen LogP contribution in [0.25, 0.3) is 44.6 Å². The molecule has 5 aromatic rings. The SMILES string of the molecule is COc1cc(C(=O)[C@]23CC[C@H](CN2)[C@H]3N)cc2nc(-c3cc4cccc(-c5ccc6c(c5)CNC6=O)c4n3CC3CC3)n(C)c12. The van der Waals surface area contributed by atoms with Gasteiger partial charge in [0.2, 0.25) is 0 Å². The zero-order valence-corrected chi connectivity index (χ0v) is 25.5. The van der Waals surface area contributed by atoms with Crippen LogP contribution in [0.1, 0.15) is 52.0 Å². The lowest BCUT2D eigenvalue weighted by Gasteiger charge is -2.29. The van der Waals surface area contributed by atoms with Gasteiger partial charge in [-0.3, -0.25) is 9.59 Å². The first-order valence-electron chi connectivity index (χ1n) is 16.0. The molecule has 9 rings (SSSR count). The number of amides is 1. The number of rotatable bonds is 7. The van der Waals surface area contributed by atoms with Crippen LogP contribution in [0.4, 0.5) is 0 Å². The van der Waals surface area contributed by atoms with E-state index in [9.17, 15) is 9.59 Å². The maximum absolute atomic E-state index is 14.0. The summed E-state index contributed by atoms with van der Waals surface area (Å²) in [5.41, 5.74) is 14.3. The van der Waals surface area contributed by atoms with E-state index in [0.717, 1.165) is 76.1 Å². The molecule has 45 heavy (non-hydrogen) atoms. The smallest absolute Gasteiger partial charge is 0.251 e. The number of imidazole rings is 1. The number of nitrogens with two attached hydrogens (primary N) is 1. The van der Waals surface area contributed by atoms with Crippen LogP contribution < -0.4 is 21.1 Å². The average Bonchev–Trinajstić information content (AvgIpc) is 3.26. The summed E-state index contributed by atoms with van der Waals surface area (Å²) in [6, 6.07) is 18.4. The van der Waals surface area contributed by atoms with Gasteiger partial charge in [-0.25, -0.2) is 4.98 Å². The predicted molar refractivity (Wildman–Crippen MR) is 173 cm³/mol. The van der Waals surface area contributed by atoms with Crippen molar-refractivity contribution < 1.29 is 14.3 Å². The Morgan fingerprint density at radius 1 is 1.09 bits per heavy atom. The van der Waals surface area contributed by atoms with Crippen molar-refractivity contribution in [3.05, 3.63) is 71.3 Å². The number of fused-ring (bicyclic) bond motifs is 5. The lowest BCUT2D eigenvalue weighted by molar-refractivity contribution is 0.0858. The van der Waals surface area contributed by atoms with E-state index in [-0.39, 0.29) is 17.7 Å². The monoisotopic (exact) mass is 600 g/mol. The summed E-state index contributed by atoms with van der Waals surface area (Å²) in [7, 11) is 3.67. The minimum atomic E-state index is -0.713. The molecule has 2 saturated carbocycles. The summed E-state index contributed by atoms with van der Waals surface area (Å²) in [6.07, 6.45) is 4.16. The van der Waals surface area contributed by atoms with E-state index in [1.165, 1.54) is 18.4 Å². The largest absolute Gasteiger partial charge is 0.494 e. The molecule has 4 aliphatic rings. The van der Waals surface area contributed by atoms with Crippen molar-refractivity contribution >= 4 is 33.6 Å². The van der Waals surface area contributed by atoms with E-state index in [2.05, 4.69) is 56.2 Å². The maximum Gasteiger partial charge on any atom is 0.251 e.